The summed E-state index contributed by atoms with van der Waals surface area (Å²) in [5.41, 5.74) is 19.1. The number of hydrogen-bond acceptors (Lipinski definition) is 1. The molecule has 0 atom stereocenters. The number of nitrogens with zero attached hydrogens (tertiary/aromatic N) is 1. The van der Waals surface area contributed by atoms with Crippen LogP contribution in [0.25, 0.3) is 38.6 Å². The zero-order chi connectivity index (χ0) is 37.9. The van der Waals surface area contributed by atoms with E-state index < -0.39 is 0 Å². The van der Waals surface area contributed by atoms with Crippen molar-refractivity contribution in [1.82, 2.24) is 0 Å². The van der Waals surface area contributed by atoms with Crippen LogP contribution >= 0.6 is 0 Å². The monoisotopic (exact) mass is 701 g/mol. The van der Waals surface area contributed by atoms with Crippen molar-refractivity contribution in [3.63, 3.8) is 0 Å². The Morgan fingerprint density at radius 2 is 0.963 bits per heavy atom. The molecule has 0 saturated carbocycles. The van der Waals surface area contributed by atoms with E-state index in [1.54, 1.807) is 0 Å². The van der Waals surface area contributed by atoms with Gasteiger partial charge in [-0.05, 0) is 144 Å². The van der Waals surface area contributed by atoms with Gasteiger partial charge in [-0.2, -0.15) is 0 Å². The number of fused-ring (bicyclic) bond motifs is 8. The van der Waals surface area contributed by atoms with Crippen LogP contribution in [0.1, 0.15) is 95.7 Å². The summed E-state index contributed by atoms with van der Waals surface area (Å²) >= 11 is 0. The van der Waals surface area contributed by atoms with Crippen LogP contribution in [0.4, 0.5) is 11.4 Å². The molecule has 6 aromatic carbocycles. The van der Waals surface area contributed by atoms with Gasteiger partial charge in [0.05, 0.1) is 0 Å². The van der Waals surface area contributed by atoms with Crippen molar-refractivity contribution in [2.45, 2.75) is 78.6 Å². The van der Waals surface area contributed by atoms with Crippen LogP contribution in [0, 0.1) is 5.41 Å². The number of benzene rings is 6. The van der Waals surface area contributed by atoms with Crippen molar-refractivity contribution < 1.29 is 0 Å². The Morgan fingerprint density at radius 1 is 0.481 bits per heavy atom. The lowest BCUT2D eigenvalue weighted by Crippen LogP contribution is -2.41. The fourth-order valence-corrected chi connectivity index (χ4v) is 10.1. The molecule has 0 radical (unpaired) electrons. The lowest BCUT2D eigenvalue weighted by molar-refractivity contribution is 0.250. The fraction of sp³-hybridized carbons (Fsp3) is 0.245. The molecule has 0 aliphatic heterocycles. The predicted molar refractivity (Wildman–Crippen MR) is 232 cm³/mol. The van der Waals surface area contributed by atoms with Gasteiger partial charge in [0.1, 0.15) is 0 Å². The lowest BCUT2D eigenvalue weighted by atomic mass is 9.55. The molecule has 0 fully saturated rings. The molecule has 54 heavy (non-hydrogen) atoms. The molecule has 3 aliphatic rings. The molecule has 0 N–H and O–H groups in total. The first-order valence-electron chi connectivity index (χ1n) is 19.6. The molecule has 6 aromatic rings. The van der Waals surface area contributed by atoms with Crippen LogP contribution in [0.5, 0.6) is 0 Å². The summed E-state index contributed by atoms with van der Waals surface area (Å²) in [5, 5.41) is 2.58. The van der Waals surface area contributed by atoms with E-state index in [1.165, 1.54) is 77.6 Å². The molecule has 0 aromatic heterocycles. The third kappa shape index (κ3) is 4.63. The van der Waals surface area contributed by atoms with E-state index in [0.29, 0.717) is 0 Å². The Kier molecular flexibility index (Phi) is 7.35. The fourth-order valence-electron chi connectivity index (χ4n) is 10.1. The number of anilines is 2. The Labute approximate surface area is 322 Å². The maximum Gasteiger partial charge on any atom is 0.0465 e. The average Bonchev–Trinajstić information content (AvgIpc) is 3.53. The zero-order valence-electron chi connectivity index (χ0n) is 33.4. The van der Waals surface area contributed by atoms with E-state index in [1.807, 2.05) is 0 Å². The highest BCUT2D eigenvalue weighted by Crippen LogP contribution is 2.56. The van der Waals surface area contributed by atoms with E-state index in [4.69, 9.17) is 0 Å². The molecule has 0 amide bonds. The third-order valence-corrected chi connectivity index (χ3v) is 14.0. The van der Waals surface area contributed by atoms with Gasteiger partial charge in [-0.15, -0.1) is 0 Å². The summed E-state index contributed by atoms with van der Waals surface area (Å²) in [5.74, 6) is 0. The van der Waals surface area contributed by atoms with Gasteiger partial charge in [0.25, 0.3) is 0 Å². The molecule has 0 spiro atoms. The first-order valence-corrected chi connectivity index (χ1v) is 19.6. The van der Waals surface area contributed by atoms with Crippen molar-refractivity contribution in [3.8, 4) is 22.3 Å². The molecular weight excluding hydrogens is 651 g/mol. The Balaban J connectivity index is 1.27. The van der Waals surface area contributed by atoms with Gasteiger partial charge in [-0.25, -0.2) is 0 Å². The largest absolute Gasteiger partial charge is 0.310 e. The first kappa shape index (κ1) is 34.4. The molecule has 0 bridgehead atoms. The summed E-state index contributed by atoms with van der Waals surface area (Å²) < 4.78 is 0. The average molecular weight is 702 g/mol. The maximum absolute atomic E-state index is 4.52. The maximum atomic E-state index is 4.52. The molecule has 0 unspecified atom stereocenters. The van der Waals surface area contributed by atoms with Crippen LogP contribution in [0.3, 0.4) is 0 Å². The minimum atomic E-state index is -0.159. The molecule has 268 valence electrons. The Morgan fingerprint density at radius 3 is 1.59 bits per heavy atom. The summed E-state index contributed by atoms with van der Waals surface area (Å²) in [4.78, 5) is 2.46. The van der Waals surface area contributed by atoms with Crippen molar-refractivity contribution >= 4 is 27.7 Å². The molecule has 3 aliphatic carbocycles. The number of rotatable bonds is 5. The highest BCUT2D eigenvalue weighted by atomic mass is 15.1. The van der Waals surface area contributed by atoms with Gasteiger partial charge in [0.15, 0.2) is 0 Å². The normalized spacial score (nSPS) is 18.1. The topological polar surface area (TPSA) is 3.24 Å². The van der Waals surface area contributed by atoms with Gasteiger partial charge in [0.2, 0.25) is 0 Å². The van der Waals surface area contributed by atoms with E-state index in [0.717, 1.165) is 17.1 Å². The van der Waals surface area contributed by atoms with Crippen LogP contribution in [0.2, 0.25) is 0 Å². The minimum absolute atomic E-state index is 0.0810. The van der Waals surface area contributed by atoms with Crippen LogP contribution in [-0.2, 0) is 16.2 Å². The summed E-state index contributed by atoms with van der Waals surface area (Å²) in [6.07, 6.45) is 4.50. The van der Waals surface area contributed by atoms with E-state index >= 15 is 0 Å². The van der Waals surface area contributed by atoms with Crippen LogP contribution < -0.4 is 4.90 Å². The quantitative estimate of drug-likeness (QED) is 0.162. The minimum Gasteiger partial charge on any atom is -0.310 e. The summed E-state index contributed by atoms with van der Waals surface area (Å²) in [7, 11) is 0. The number of hydrogen-bond donors (Lipinski definition) is 0. The van der Waals surface area contributed by atoms with Gasteiger partial charge < -0.3 is 4.90 Å². The van der Waals surface area contributed by atoms with Gasteiger partial charge in [-0.3, -0.25) is 0 Å². The highest BCUT2D eigenvalue weighted by Gasteiger charge is 2.46. The van der Waals surface area contributed by atoms with Gasteiger partial charge >= 0.3 is 0 Å². The van der Waals surface area contributed by atoms with E-state index in [-0.39, 0.29) is 21.7 Å². The van der Waals surface area contributed by atoms with Crippen LogP contribution in [-0.4, -0.2) is 0 Å². The lowest BCUT2D eigenvalue weighted by Gasteiger charge is -2.49. The second-order valence-electron chi connectivity index (χ2n) is 17.9. The SMILES string of the molecule is C=C/C(=C\C1=C(C)c2ccccc2C(C)(C)C1(C)C)N(c1ccc2c(c1)C(C)(C)c1ccccc1-2)c1ccc2c(c1)C(C)(C)c1cc3ccccc3cc1-2. The summed E-state index contributed by atoms with van der Waals surface area (Å²) in [6, 6.07) is 45.7. The molecule has 1 heteroatoms. The van der Waals surface area contributed by atoms with Gasteiger partial charge in [0, 0.05) is 27.9 Å². The number of allylic oxidation sites excluding steroid dienone is 4. The standard InChI is InChI=1S/C53H51N/c1-11-36(30-46-33(2)39-20-14-17-23-45(39)52(7,8)53(46,9)10)54(37-24-26-41-40-21-15-16-22-44(40)50(3,4)48(41)31-37)38-25-27-42-43-28-34-18-12-13-19-35(34)29-47(43)51(5,6)49(42)32-38/h11-32H,1H2,2-10H3/b36-30+. The molecule has 1 nitrogen and oxygen atoms in total. The van der Waals surface area contributed by atoms with Crippen LogP contribution in [0.15, 0.2) is 151 Å². The second kappa shape index (κ2) is 11.6. The van der Waals surface area contributed by atoms with Crippen molar-refractivity contribution in [2.24, 2.45) is 5.41 Å². The van der Waals surface area contributed by atoms with Crippen molar-refractivity contribution in [2.75, 3.05) is 4.90 Å². The second-order valence-corrected chi connectivity index (χ2v) is 17.9. The molecule has 9 rings (SSSR count). The Hall–Kier alpha value is -5.40. The molecule has 0 saturated heterocycles. The highest BCUT2D eigenvalue weighted by molar-refractivity contribution is 5.94. The Bertz CT molecular complexity index is 2630. The molecular formula is C53H51N. The first-order chi connectivity index (χ1) is 25.7. The molecule has 0 heterocycles. The predicted octanol–water partition coefficient (Wildman–Crippen LogP) is 14.5. The summed E-state index contributed by atoms with van der Waals surface area (Å²) in [6.45, 7) is 26.0. The zero-order valence-corrected chi connectivity index (χ0v) is 33.4. The third-order valence-electron chi connectivity index (χ3n) is 14.0. The van der Waals surface area contributed by atoms with Crippen molar-refractivity contribution in [1.29, 1.82) is 0 Å². The van der Waals surface area contributed by atoms with Crippen molar-refractivity contribution in [3.05, 3.63) is 185 Å². The van der Waals surface area contributed by atoms with E-state index in [2.05, 4.69) is 207 Å². The van der Waals surface area contributed by atoms with E-state index in [9.17, 15) is 0 Å². The van der Waals surface area contributed by atoms with Gasteiger partial charge in [-0.1, -0.05) is 147 Å². The smallest absolute Gasteiger partial charge is 0.0465 e.